The van der Waals surface area contributed by atoms with Crippen LogP contribution in [-0.2, 0) is 13.0 Å². The average Bonchev–Trinajstić information content (AvgIpc) is 2.75. The van der Waals surface area contributed by atoms with Crippen molar-refractivity contribution in [3.8, 4) is 0 Å². The van der Waals surface area contributed by atoms with Crippen molar-refractivity contribution in [3.05, 3.63) is 29.3 Å². The number of para-hydroxylation sites is 1. The van der Waals surface area contributed by atoms with Crippen LogP contribution in [0.2, 0.25) is 0 Å². The molecule has 2 rings (SSSR count). The first-order valence-corrected chi connectivity index (χ1v) is 7.19. The van der Waals surface area contributed by atoms with Gasteiger partial charge in [0, 0.05) is 25.3 Å². The molecule has 3 heteroatoms. The lowest BCUT2D eigenvalue weighted by molar-refractivity contribution is 0.119. The van der Waals surface area contributed by atoms with E-state index < -0.39 is 0 Å². The van der Waals surface area contributed by atoms with E-state index in [1.54, 1.807) is 0 Å². The molecule has 106 valence electrons. The minimum absolute atomic E-state index is 0.177. The van der Waals surface area contributed by atoms with Crippen molar-refractivity contribution in [2.45, 2.75) is 46.3 Å². The van der Waals surface area contributed by atoms with Crippen molar-refractivity contribution in [1.29, 1.82) is 0 Å². The molecule has 0 amide bonds. The van der Waals surface area contributed by atoms with Gasteiger partial charge in [-0.15, -0.1) is 0 Å². The van der Waals surface area contributed by atoms with Crippen LogP contribution in [0.3, 0.4) is 0 Å². The Morgan fingerprint density at radius 3 is 2.89 bits per heavy atom. The molecule has 1 atom stereocenters. The largest absolute Gasteiger partial charge is 0.392 e. The number of rotatable bonds is 5. The Kier molecular flexibility index (Phi) is 4.48. The molecular weight excluding hydrogens is 236 g/mol. The van der Waals surface area contributed by atoms with Gasteiger partial charge in [0.2, 0.25) is 0 Å². The number of hydrogen-bond acceptors (Lipinski definition) is 3. The molecule has 3 N–H and O–H groups in total. The van der Waals surface area contributed by atoms with Gasteiger partial charge >= 0.3 is 0 Å². The lowest BCUT2D eigenvalue weighted by atomic mass is 9.89. The van der Waals surface area contributed by atoms with Crippen molar-refractivity contribution >= 4 is 5.69 Å². The molecule has 0 saturated carbocycles. The van der Waals surface area contributed by atoms with Gasteiger partial charge < -0.3 is 15.7 Å². The van der Waals surface area contributed by atoms with Crippen LogP contribution in [0.25, 0.3) is 0 Å². The molecule has 19 heavy (non-hydrogen) atoms. The number of fused-ring (bicyclic) bond motifs is 1. The Balaban J connectivity index is 1.82. The van der Waals surface area contributed by atoms with Gasteiger partial charge in [-0.1, -0.05) is 39.0 Å². The first kappa shape index (κ1) is 14.4. The normalized spacial score (nSPS) is 16.0. The Morgan fingerprint density at radius 1 is 1.37 bits per heavy atom. The van der Waals surface area contributed by atoms with Crippen LogP contribution in [0.15, 0.2) is 18.2 Å². The Bertz CT molecular complexity index is 423. The van der Waals surface area contributed by atoms with E-state index in [0.29, 0.717) is 6.54 Å². The highest BCUT2D eigenvalue weighted by atomic mass is 16.3. The highest BCUT2D eigenvalue weighted by Crippen LogP contribution is 2.26. The topological polar surface area (TPSA) is 44.3 Å². The van der Waals surface area contributed by atoms with Gasteiger partial charge in [0.25, 0.3) is 0 Å². The van der Waals surface area contributed by atoms with E-state index in [9.17, 15) is 5.11 Å². The van der Waals surface area contributed by atoms with Crippen molar-refractivity contribution in [2.75, 3.05) is 18.4 Å². The molecule has 1 heterocycles. The van der Waals surface area contributed by atoms with E-state index >= 15 is 0 Å². The van der Waals surface area contributed by atoms with Crippen LogP contribution < -0.4 is 10.6 Å². The van der Waals surface area contributed by atoms with Crippen LogP contribution in [0.5, 0.6) is 0 Å². The zero-order valence-corrected chi connectivity index (χ0v) is 12.3. The summed E-state index contributed by atoms with van der Waals surface area (Å²) in [5.74, 6) is 0. The summed E-state index contributed by atoms with van der Waals surface area (Å²) in [7, 11) is 0. The molecule has 0 bridgehead atoms. The number of nitrogens with one attached hydrogen (secondary N) is 2. The van der Waals surface area contributed by atoms with Gasteiger partial charge in [0.15, 0.2) is 0 Å². The van der Waals surface area contributed by atoms with Crippen molar-refractivity contribution < 1.29 is 5.11 Å². The summed E-state index contributed by atoms with van der Waals surface area (Å²) < 4.78 is 0. The summed E-state index contributed by atoms with van der Waals surface area (Å²) in [5, 5.41) is 16.8. The summed E-state index contributed by atoms with van der Waals surface area (Å²) in [6, 6.07) is 6.46. The van der Waals surface area contributed by atoms with Gasteiger partial charge in [-0.05, 0) is 29.4 Å². The predicted octanol–water partition coefficient (Wildman–Crippen LogP) is 2.54. The van der Waals surface area contributed by atoms with E-state index in [0.717, 1.165) is 25.9 Å². The number of hydrogen-bond donors (Lipinski definition) is 3. The van der Waals surface area contributed by atoms with E-state index in [1.165, 1.54) is 16.8 Å². The van der Waals surface area contributed by atoms with Crippen molar-refractivity contribution in [3.63, 3.8) is 0 Å². The average molecular weight is 262 g/mol. The third-order valence-corrected chi connectivity index (χ3v) is 3.48. The van der Waals surface area contributed by atoms with Crippen LogP contribution in [0, 0.1) is 5.41 Å². The fourth-order valence-electron chi connectivity index (χ4n) is 2.71. The maximum atomic E-state index is 9.98. The van der Waals surface area contributed by atoms with Crippen molar-refractivity contribution in [2.24, 2.45) is 5.41 Å². The molecular formula is C16H26N2O. The third-order valence-electron chi connectivity index (χ3n) is 3.48. The smallest absolute Gasteiger partial charge is 0.0669 e. The van der Waals surface area contributed by atoms with E-state index in [2.05, 4.69) is 49.6 Å². The minimum atomic E-state index is -0.273. The number of aliphatic hydroxyl groups excluding tert-OH is 1. The first-order valence-electron chi connectivity index (χ1n) is 7.19. The zero-order valence-electron chi connectivity index (χ0n) is 12.3. The molecule has 0 spiro atoms. The number of benzene rings is 1. The number of anilines is 1. The van der Waals surface area contributed by atoms with E-state index in [1.807, 2.05) is 0 Å². The minimum Gasteiger partial charge on any atom is -0.392 e. The molecule has 0 radical (unpaired) electrons. The number of aliphatic hydroxyl groups is 1. The SMILES string of the molecule is CC(C)(C)CC(O)CNCc1cccc2c1NCC2. The second-order valence-electron chi connectivity index (χ2n) is 6.68. The predicted molar refractivity (Wildman–Crippen MR) is 80.4 cm³/mol. The Morgan fingerprint density at radius 2 is 2.16 bits per heavy atom. The highest BCUT2D eigenvalue weighted by molar-refractivity contribution is 5.61. The second-order valence-corrected chi connectivity index (χ2v) is 6.68. The summed E-state index contributed by atoms with van der Waals surface area (Å²) in [4.78, 5) is 0. The van der Waals surface area contributed by atoms with Crippen LogP contribution >= 0.6 is 0 Å². The molecule has 0 aliphatic carbocycles. The highest BCUT2D eigenvalue weighted by Gasteiger charge is 2.17. The van der Waals surface area contributed by atoms with Crippen LogP contribution in [-0.4, -0.2) is 24.3 Å². The van der Waals surface area contributed by atoms with Gasteiger partial charge in [-0.2, -0.15) is 0 Å². The van der Waals surface area contributed by atoms with Gasteiger partial charge in [0.1, 0.15) is 0 Å². The van der Waals surface area contributed by atoms with Crippen LogP contribution in [0.1, 0.15) is 38.3 Å². The summed E-state index contributed by atoms with van der Waals surface area (Å²) in [5.41, 5.74) is 4.18. The third kappa shape index (κ3) is 4.22. The molecule has 3 nitrogen and oxygen atoms in total. The van der Waals surface area contributed by atoms with Gasteiger partial charge in [-0.3, -0.25) is 0 Å². The molecule has 0 aromatic heterocycles. The standard InChI is InChI=1S/C16H26N2O/c1-16(2,3)9-14(19)11-17-10-13-6-4-5-12-7-8-18-15(12)13/h4-6,14,17-19H,7-11H2,1-3H3. The summed E-state index contributed by atoms with van der Waals surface area (Å²) >= 11 is 0. The van der Waals surface area contributed by atoms with Crippen molar-refractivity contribution in [1.82, 2.24) is 5.32 Å². The molecule has 1 unspecified atom stereocenters. The second kappa shape index (κ2) is 5.93. The van der Waals surface area contributed by atoms with Gasteiger partial charge in [0.05, 0.1) is 6.10 Å². The quantitative estimate of drug-likeness (QED) is 0.764. The molecule has 1 aromatic rings. The molecule has 1 aromatic carbocycles. The molecule has 0 saturated heterocycles. The lowest BCUT2D eigenvalue weighted by Gasteiger charge is -2.22. The zero-order chi connectivity index (χ0) is 13.9. The van der Waals surface area contributed by atoms with Gasteiger partial charge in [-0.25, -0.2) is 0 Å². The molecule has 1 aliphatic heterocycles. The first-order chi connectivity index (χ1) is 8.96. The summed E-state index contributed by atoms with van der Waals surface area (Å²) in [6.07, 6.45) is 1.67. The fraction of sp³-hybridized carbons (Fsp3) is 0.625. The van der Waals surface area contributed by atoms with Crippen LogP contribution in [0.4, 0.5) is 5.69 Å². The molecule has 1 aliphatic rings. The monoisotopic (exact) mass is 262 g/mol. The summed E-state index contributed by atoms with van der Waals surface area (Å²) in [6.45, 7) is 8.98. The Hall–Kier alpha value is -1.06. The van der Waals surface area contributed by atoms with E-state index in [-0.39, 0.29) is 11.5 Å². The maximum absolute atomic E-state index is 9.98. The Labute approximate surface area is 116 Å². The molecule has 0 fully saturated rings. The van der Waals surface area contributed by atoms with E-state index in [4.69, 9.17) is 0 Å². The lowest BCUT2D eigenvalue weighted by Crippen LogP contribution is -2.30. The fourth-order valence-corrected chi connectivity index (χ4v) is 2.71. The maximum Gasteiger partial charge on any atom is 0.0669 e.